The maximum Gasteiger partial charge on any atom is 0.227 e. The number of aromatic nitrogens is 4. The zero-order chi connectivity index (χ0) is 21.1. The van der Waals surface area contributed by atoms with Crippen molar-refractivity contribution in [2.24, 2.45) is 0 Å². The van der Waals surface area contributed by atoms with Gasteiger partial charge in [-0.1, -0.05) is 35.9 Å². The van der Waals surface area contributed by atoms with Gasteiger partial charge in [0, 0.05) is 24.4 Å². The van der Waals surface area contributed by atoms with E-state index in [4.69, 9.17) is 11.6 Å². The van der Waals surface area contributed by atoms with Gasteiger partial charge in [0.25, 0.3) is 0 Å². The minimum absolute atomic E-state index is 0.290. The van der Waals surface area contributed by atoms with Crippen molar-refractivity contribution in [1.82, 2.24) is 19.9 Å². The van der Waals surface area contributed by atoms with Gasteiger partial charge < -0.3 is 15.6 Å². The maximum atomic E-state index is 11.6. The van der Waals surface area contributed by atoms with Crippen LogP contribution in [0.4, 0.5) is 11.8 Å². The maximum absolute atomic E-state index is 11.6. The molecule has 3 N–H and O–H groups in total. The summed E-state index contributed by atoms with van der Waals surface area (Å²) in [5, 5.41) is 7.15. The predicted molar refractivity (Wildman–Crippen MR) is 117 cm³/mol. The third-order valence-corrected chi connectivity index (χ3v) is 5.84. The second-order valence-corrected chi connectivity index (χ2v) is 9.20. The molecule has 4 aromatic rings. The average Bonchev–Trinajstić information content (AvgIpc) is 3.20. The first kappa shape index (κ1) is 20.1. The summed E-state index contributed by atoms with van der Waals surface area (Å²) in [6.45, 7) is 1.01. The number of H-pyrrole nitrogens is 1. The monoisotopic (exact) mass is 442 g/mol. The fourth-order valence-electron chi connectivity index (χ4n) is 2.86. The van der Waals surface area contributed by atoms with E-state index in [1.165, 1.54) is 6.26 Å². The van der Waals surface area contributed by atoms with Gasteiger partial charge in [0.05, 0.1) is 11.2 Å². The van der Waals surface area contributed by atoms with Gasteiger partial charge >= 0.3 is 0 Å². The lowest BCUT2D eigenvalue weighted by Gasteiger charge is -2.10. The number of imidazole rings is 1. The second kappa shape index (κ2) is 8.29. The standard InChI is InChI=1S/C20H19ClN6O2S/c1-30(28,29)16-8-4-14(5-9-16)10-22-18-17-19(25-12-24-17)27-20(26-18)23-11-13-2-6-15(21)7-3-13/h2-9,12H,10-11H2,1H3,(H3,22,23,24,25,26,27). The van der Waals surface area contributed by atoms with Crippen LogP contribution in [-0.4, -0.2) is 34.6 Å². The number of sulfone groups is 1. The first-order valence-electron chi connectivity index (χ1n) is 9.11. The SMILES string of the molecule is CS(=O)(=O)c1ccc(CNc2nc(NCc3ccc(Cl)cc3)nc3nc[nH]c23)cc1. The second-order valence-electron chi connectivity index (χ2n) is 6.75. The largest absolute Gasteiger partial charge is 0.364 e. The molecule has 2 aromatic heterocycles. The number of nitrogens with one attached hydrogen (secondary N) is 3. The lowest BCUT2D eigenvalue weighted by molar-refractivity contribution is 0.602. The highest BCUT2D eigenvalue weighted by Gasteiger charge is 2.11. The molecule has 10 heteroatoms. The molecule has 154 valence electrons. The molecule has 0 atom stereocenters. The van der Waals surface area contributed by atoms with E-state index in [1.54, 1.807) is 30.6 Å². The number of rotatable bonds is 7. The van der Waals surface area contributed by atoms with E-state index in [1.807, 2.05) is 24.3 Å². The minimum Gasteiger partial charge on any atom is -0.364 e. The van der Waals surface area contributed by atoms with Crippen LogP contribution in [0.2, 0.25) is 5.02 Å². The molecule has 0 fully saturated rings. The Balaban J connectivity index is 1.50. The van der Waals surface area contributed by atoms with Crippen LogP contribution < -0.4 is 10.6 Å². The van der Waals surface area contributed by atoms with E-state index < -0.39 is 9.84 Å². The van der Waals surface area contributed by atoms with Gasteiger partial charge in [-0.25, -0.2) is 13.4 Å². The molecule has 2 aromatic carbocycles. The summed E-state index contributed by atoms with van der Waals surface area (Å²) in [5.74, 6) is 1.04. The molecule has 0 aliphatic heterocycles. The Morgan fingerprint density at radius 3 is 2.23 bits per heavy atom. The molecule has 0 bridgehead atoms. The van der Waals surface area contributed by atoms with Crippen molar-refractivity contribution in [3.05, 3.63) is 71.0 Å². The molecule has 0 saturated carbocycles. The lowest BCUT2D eigenvalue weighted by Crippen LogP contribution is -2.08. The highest BCUT2D eigenvalue weighted by atomic mass is 35.5. The molecule has 0 aliphatic rings. The van der Waals surface area contributed by atoms with Crippen molar-refractivity contribution in [3.8, 4) is 0 Å². The van der Waals surface area contributed by atoms with Gasteiger partial charge in [-0.15, -0.1) is 0 Å². The summed E-state index contributed by atoms with van der Waals surface area (Å²) >= 11 is 5.92. The molecule has 0 amide bonds. The summed E-state index contributed by atoms with van der Waals surface area (Å²) in [4.78, 5) is 16.5. The number of fused-ring (bicyclic) bond motifs is 1. The smallest absolute Gasteiger partial charge is 0.227 e. The summed E-state index contributed by atoms with van der Waals surface area (Å²) < 4.78 is 23.2. The molecular weight excluding hydrogens is 424 g/mol. The molecule has 2 heterocycles. The van der Waals surface area contributed by atoms with Crippen LogP contribution in [0, 0.1) is 0 Å². The highest BCUT2D eigenvalue weighted by Crippen LogP contribution is 2.20. The summed E-state index contributed by atoms with van der Waals surface area (Å²) in [5.41, 5.74) is 3.20. The van der Waals surface area contributed by atoms with Crippen molar-refractivity contribution in [3.63, 3.8) is 0 Å². The summed E-state index contributed by atoms with van der Waals surface area (Å²) in [6, 6.07) is 14.3. The van der Waals surface area contributed by atoms with Gasteiger partial charge in [0.2, 0.25) is 5.95 Å². The third kappa shape index (κ3) is 4.69. The lowest BCUT2D eigenvalue weighted by atomic mass is 10.2. The van der Waals surface area contributed by atoms with Crippen LogP contribution in [0.3, 0.4) is 0 Å². The summed E-state index contributed by atoms with van der Waals surface area (Å²) in [6.07, 6.45) is 2.75. The number of aromatic amines is 1. The van der Waals surface area contributed by atoms with E-state index >= 15 is 0 Å². The minimum atomic E-state index is -3.22. The van der Waals surface area contributed by atoms with E-state index in [0.29, 0.717) is 41.0 Å². The average molecular weight is 443 g/mol. The fourth-order valence-corrected chi connectivity index (χ4v) is 3.62. The Labute approximate surface area is 178 Å². The van der Waals surface area contributed by atoms with E-state index in [9.17, 15) is 8.42 Å². The van der Waals surface area contributed by atoms with Gasteiger partial charge in [0.1, 0.15) is 5.52 Å². The molecular formula is C20H19ClN6O2S. The Bertz CT molecular complexity index is 1270. The van der Waals surface area contributed by atoms with Gasteiger partial charge in [-0.3, -0.25) is 0 Å². The van der Waals surface area contributed by atoms with Gasteiger partial charge in [0.15, 0.2) is 21.3 Å². The van der Waals surface area contributed by atoms with Crippen molar-refractivity contribution >= 4 is 44.4 Å². The topological polar surface area (TPSA) is 113 Å². The molecule has 0 aliphatic carbocycles. The number of hydrogen-bond acceptors (Lipinski definition) is 7. The Kier molecular flexibility index (Phi) is 5.56. The van der Waals surface area contributed by atoms with Crippen molar-refractivity contribution < 1.29 is 8.42 Å². The number of halogens is 1. The molecule has 30 heavy (non-hydrogen) atoms. The fraction of sp³-hybridized carbons (Fsp3) is 0.150. The van der Waals surface area contributed by atoms with Gasteiger partial charge in [-0.2, -0.15) is 9.97 Å². The first-order chi connectivity index (χ1) is 14.4. The van der Waals surface area contributed by atoms with Crippen LogP contribution in [0.1, 0.15) is 11.1 Å². The van der Waals surface area contributed by atoms with Gasteiger partial charge in [-0.05, 0) is 35.4 Å². The quantitative estimate of drug-likeness (QED) is 0.400. The zero-order valence-corrected chi connectivity index (χ0v) is 17.6. The zero-order valence-electron chi connectivity index (χ0n) is 16.1. The molecule has 8 nitrogen and oxygen atoms in total. The highest BCUT2D eigenvalue weighted by molar-refractivity contribution is 7.90. The van der Waals surface area contributed by atoms with Crippen LogP contribution >= 0.6 is 11.6 Å². The third-order valence-electron chi connectivity index (χ3n) is 4.46. The molecule has 4 rings (SSSR count). The van der Waals surface area contributed by atoms with Crippen LogP contribution in [0.15, 0.2) is 59.8 Å². The van der Waals surface area contributed by atoms with Crippen LogP contribution in [-0.2, 0) is 22.9 Å². The van der Waals surface area contributed by atoms with Crippen molar-refractivity contribution in [2.75, 3.05) is 16.9 Å². The predicted octanol–water partition coefficient (Wildman–Crippen LogP) is 3.63. The van der Waals surface area contributed by atoms with E-state index in [2.05, 4.69) is 30.6 Å². The number of anilines is 2. The molecule has 0 spiro atoms. The Hall–Kier alpha value is -3.17. The number of hydrogen-bond donors (Lipinski definition) is 3. The normalized spacial score (nSPS) is 11.5. The Morgan fingerprint density at radius 2 is 1.57 bits per heavy atom. The number of nitrogens with zero attached hydrogens (tertiary/aromatic N) is 3. The first-order valence-corrected chi connectivity index (χ1v) is 11.4. The Morgan fingerprint density at radius 1 is 0.933 bits per heavy atom. The van der Waals surface area contributed by atoms with Crippen LogP contribution in [0.25, 0.3) is 11.2 Å². The van der Waals surface area contributed by atoms with E-state index in [-0.39, 0.29) is 4.90 Å². The molecule has 0 unspecified atom stereocenters. The molecule has 0 saturated heterocycles. The molecule has 0 radical (unpaired) electrons. The summed E-state index contributed by atoms with van der Waals surface area (Å²) in [7, 11) is -3.22. The van der Waals surface area contributed by atoms with Crippen LogP contribution in [0.5, 0.6) is 0 Å². The van der Waals surface area contributed by atoms with Crippen molar-refractivity contribution in [2.45, 2.75) is 18.0 Å². The number of benzene rings is 2. The van der Waals surface area contributed by atoms with Crippen molar-refractivity contribution in [1.29, 1.82) is 0 Å². The van der Waals surface area contributed by atoms with E-state index in [0.717, 1.165) is 11.1 Å².